The molecule has 0 amide bonds. The van der Waals surface area contributed by atoms with Gasteiger partial charge in [-0.25, -0.2) is 12.8 Å². The second-order valence-corrected chi connectivity index (χ2v) is 7.23. The van der Waals surface area contributed by atoms with Crippen molar-refractivity contribution in [3.8, 4) is 0 Å². The molecule has 1 aliphatic heterocycles. The van der Waals surface area contributed by atoms with Gasteiger partial charge in [-0.05, 0) is 19.1 Å². The quantitative estimate of drug-likeness (QED) is 0.887. The van der Waals surface area contributed by atoms with Crippen LogP contribution in [-0.4, -0.2) is 55.9 Å². The average molecular weight is 302 g/mol. The minimum atomic E-state index is -3.46. The zero-order valence-corrected chi connectivity index (χ0v) is 12.2. The van der Waals surface area contributed by atoms with E-state index in [1.807, 2.05) is 4.90 Å². The molecule has 1 atom stereocenters. The van der Waals surface area contributed by atoms with Gasteiger partial charge in [0.2, 0.25) is 10.0 Å². The second-order valence-electron chi connectivity index (χ2n) is 4.88. The molecular formula is C13H19FN2O3S. The topological polar surface area (TPSA) is 60.9 Å². The number of sulfonamides is 1. The third kappa shape index (κ3) is 2.94. The van der Waals surface area contributed by atoms with Gasteiger partial charge >= 0.3 is 0 Å². The first-order chi connectivity index (χ1) is 9.46. The summed E-state index contributed by atoms with van der Waals surface area (Å²) in [7, 11) is -3.46. The molecule has 112 valence electrons. The first-order valence-electron chi connectivity index (χ1n) is 6.56. The molecule has 2 rings (SSSR count). The molecule has 0 spiro atoms. The molecule has 1 fully saturated rings. The maximum Gasteiger partial charge on any atom is 0.219 e. The number of aliphatic hydroxyl groups is 1. The Hall–Kier alpha value is -1.18. The van der Waals surface area contributed by atoms with Crippen LogP contribution in [0.2, 0.25) is 0 Å². The SMILES string of the molecule is CC(CO)S(=O)(=O)N1CCN(c2ccccc2F)CC1. The molecule has 20 heavy (non-hydrogen) atoms. The van der Waals surface area contributed by atoms with E-state index >= 15 is 0 Å². The number of piperazine rings is 1. The number of hydrogen-bond acceptors (Lipinski definition) is 4. The molecule has 1 aromatic carbocycles. The van der Waals surface area contributed by atoms with Crippen LogP contribution in [0, 0.1) is 5.82 Å². The maximum atomic E-state index is 13.7. The number of benzene rings is 1. The van der Waals surface area contributed by atoms with E-state index in [1.165, 1.54) is 17.3 Å². The summed E-state index contributed by atoms with van der Waals surface area (Å²) in [5.41, 5.74) is 0.500. The molecule has 1 N–H and O–H groups in total. The van der Waals surface area contributed by atoms with E-state index in [0.717, 1.165) is 0 Å². The smallest absolute Gasteiger partial charge is 0.219 e. The largest absolute Gasteiger partial charge is 0.395 e. The van der Waals surface area contributed by atoms with Crippen LogP contribution in [0.25, 0.3) is 0 Å². The van der Waals surface area contributed by atoms with Crippen molar-refractivity contribution >= 4 is 15.7 Å². The molecule has 1 aliphatic rings. The van der Waals surface area contributed by atoms with Gasteiger partial charge < -0.3 is 10.0 Å². The van der Waals surface area contributed by atoms with Crippen molar-refractivity contribution in [1.29, 1.82) is 0 Å². The summed E-state index contributed by atoms with van der Waals surface area (Å²) in [6.45, 7) is 2.59. The minimum absolute atomic E-state index is 0.299. The Labute approximate surface area is 118 Å². The van der Waals surface area contributed by atoms with Gasteiger partial charge in [-0.15, -0.1) is 0 Å². The molecule has 1 aromatic rings. The van der Waals surface area contributed by atoms with E-state index in [4.69, 9.17) is 5.11 Å². The number of halogens is 1. The summed E-state index contributed by atoms with van der Waals surface area (Å²) < 4.78 is 39.2. The molecule has 1 unspecified atom stereocenters. The number of anilines is 1. The van der Waals surface area contributed by atoms with Gasteiger partial charge in [-0.3, -0.25) is 0 Å². The maximum absolute atomic E-state index is 13.7. The summed E-state index contributed by atoms with van der Waals surface area (Å²) in [5.74, 6) is -0.299. The molecule has 0 aromatic heterocycles. The first kappa shape index (κ1) is 15.2. The highest BCUT2D eigenvalue weighted by atomic mass is 32.2. The lowest BCUT2D eigenvalue weighted by molar-refractivity contribution is 0.287. The van der Waals surface area contributed by atoms with Crippen molar-refractivity contribution < 1.29 is 17.9 Å². The Morgan fingerprint density at radius 1 is 1.25 bits per heavy atom. The first-order valence-corrected chi connectivity index (χ1v) is 8.06. The van der Waals surface area contributed by atoms with Gasteiger partial charge in [0.25, 0.3) is 0 Å². The highest BCUT2D eigenvalue weighted by molar-refractivity contribution is 7.89. The third-order valence-corrected chi connectivity index (χ3v) is 5.81. The molecule has 0 saturated carbocycles. The Kier molecular flexibility index (Phi) is 4.62. The minimum Gasteiger partial charge on any atom is -0.395 e. The summed E-state index contributed by atoms with van der Waals surface area (Å²) in [6.07, 6.45) is 0. The molecular weight excluding hydrogens is 283 g/mol. The van der Waals surface area contributed by atoms with Crippen LogP contribution in [0.15, 0.2) is 24.3 Å². The van der Waals surface area contributed by atoms with Crippen molar-refractivity contribution in [2.45, 2.75) is 12.2 Å². The zero-order valence-electron chi connectivity index (χ0n) is 11.4. The van der Waals surface area contributed by atoms with Crippen LogP contribution in [0.1, 0.15) is 6.92 Å². The normalized spacial score (nSPS) is 19.1. The highest BCUT2D eigenvalue weighted by Gasteiger charge is 2.31. The van der Waals surface area contributed by atoms with Crippen molar-refractivity contribution in [3.63, 3.8) is 0 Å². The van der Waals surface area contributed by atoms with Crippen molar-refractivity contribution in [1.82, 2.24) is 4.31 Å². The van der Waals surface area contributed by atoms with Gasteiger partial charge in [-0.2, -0.15) is 4.31 Å². The van der Waals surface area contributed by atoms with E-state index in [-0.39, 0.29) is 5.82 Å². The van der Waals surface area contributed by atoms with E-state index in [9.17, 15) is 12.8 Å². The van der Waals surface area contributed by atoms with Gasteiger partial charge in [0, 0.05) is 26.2 Å². The van der Waals surface area contributed by atoms with Gasteiger partial charge in [0.05, 0.1) is 17.5 Å². The predicted octanol–water partition coefficient (Wildman–Crippen LogP) is 0.658. The molecule has 7 heteroatoms. The molecule has 5 nitrogen and oxygen atoms in total. The second kappa shape index (κ2) is 6.07. The number of para-hydroxylation sites is 1. The molecule has 0 aliphatic carbocycles. The summed E-state index contributed by atoms with van der Waals surface area (Å²) >= 11 is 0. The Morgan fingerprint density at radius 3 is 2.40 bits per heavy atom. The fraction of sp³-hybridized carbons (Fsp3) is 0.538. The number of nitrogens with zero attached hydrogens (tertiary/aromatic N) is 2. The van der Waals surface area contributed by atoms with Crippen molar-refractivity contribution in [3.05, 3.63) is 30.1 Å². The lowest BCUT2D eigenvalue weighted by Crippen LogP contribution is -2.51. The zero-order chi connectivity index (χ0) is 14.8. The van der Waals surface area contributed by atoms with E-state index in [1.54, 1.807) is 18.2 Å². The Balaban J connectivity index is 2.05. The monoisotopic (exact) mass is 302 g/mol. The van der Waals surface area contributed by atoms with Gasteiger partial charge in [-0.1, -0.05) is 12.1 Å². The van der Waals surface area contributed by atoms with Crippen LogP contribution in [-0.2, 0) is 10.0 Å². The summed E-state index contributed by atoms with van der Waals surface area (Å²) in [4.78, 5) is 1.84. The van der Waals surface area contributed by atoms with Crippen LogP contribution in [0.5, 0.6) is 0 Å². The third-order valence-electron chi connectivity index (χ3n) is 3.56. The lowest BCUT2D eigenvalue weighted by atomic mass is 10.2. The molecule has 1 saturated heterocycles. The van der Waals surface area contributed by atoms with Gasteiger partial charge in [0.1, 0.15) is 5.82 Å². The summed E-state index contributed by atoms with van der Waals surface area (Å²) in [5, 5.41) is 8.20. The van der Waals surface area contributed by atoms with Crippen molar-refractivity contribution in [2.75, 3.05) is 37.7 Å². The molecule has 0 bridgehead atoms. The van der Waals surface area contributed by atoms with Crippen molar-refractivity contribution in [2.24, 2.45) is 0 Å². The van der Waals surface area contributed by atoms with Crippen LogP contribution in [0.3, 0.4) is 0 Å². The van der Waals surface area contributed by atoms with Crippen LogP contribution < -0.4 is 4.90 Å². The van der Waals surface area contributed by atoms with E-state index < -0.39 is 21.9 Å². The Morgan fingerprint density at radius 2 is 1.85 bits per heavy atom. The number of aliphatic hydroxyl groups excluding tert-OH is 1. The van der Waals surface area contributed by atoms with E-state index in [0.29, 0.717) is 31.9 Å². The number of hydrogen-bond donors (Lipinski definition) is 1. The molecule has 0 radical (unpaired) electrons. The predicted molar refractivity (Wildman–Crippen MR) is 75.7 cm³/mol. The van der Waals surface area contributed by atoms with Crippen LogP contribution in [0.4, 0.5) is 10.1 Å². The Bertz CT molecular complexity index is 556. The fourth-order valence-electron chi connectivity index (χ4n) is 2.24. The van der Waals surface area contributed by atoms with E-state index in [2.05, 4.69) is 0 Å². The summed E-state index contributed by atoms with van der Waals surface area (Å²) in [6, 6.07) is 6.47. The fourth-order valence-corrected chi connectivity index (χ4v) is 3.61. The average Bonchev–Trinajstić information content (AvgIpc) is 2.47. The van der Waals surface area contributed by atoms with Gasteiger partial charge in [0.15, 0.2) is 0 Å². The standard InChI is InChI=1S/C13H19FN2O3S/c1-11(10-17)20(18,19)16-8-6-15(7-9-16)13-5-3-2-4-12(13)14/h2-5,11,17H,6-10H2,1H3. The van der Waals surface area contributed by atoms with Crippen LogP contribution >= 0.6 is 0 Å². The molecule has 1 heterocycles. The highest BCUT2D eigenvalue weighted by Crippen LogP contribution is 2.21. The lowest BCUT2D eigenvalue weighted by Gasteiger charge is -2.36. The number of rotatable bonds is 4.